The topological polar surface area (TPSA) is 24.1 Å². The summed E-state index contributed by atoms with van der Waals surface area (Å²) in [6.45, 7) is 29.9. The third kappa shape index (κ3) is 4.81. The quantitative estimate of drug-likeness (QED) is 0.302. The van der Waals surface area contributed by atoms with E-state index in [9.17, 15) is 0 Å². The minimum Gasteiger partial charge on any atom is -0.334 e. The van der Waals surface area contributed by atoms with Gasteiger partial charge in [0.25, 0.3) is 0 Å². The van der Waals surface area contributed by atoms with Gasteiger partial charge in [-0.1, -0.05) is 76.2 Å². The van der Waals surface area contributed by atoms with Gasteiger partial charge in [-0.25, -0.2) is 0 Å². The van der Waals surface area contributed by atoms with Crippen molar-refractivity contribution in [3.8, 4) is 0 Å². The lowest BCUT2D eigenvalue weighted by Crippen LogP contribution is -2.59. The molecule has 6 atom stereocenters. The van der Waals surface area contributed by atoms with Crippen LogP contribution in [0.4, 0.5) is 0 Å². The van der Waals surface area contributed by atoms with Crippen LogP contribution in [-0.4, -0.2) is 28.6 Å². The molecule has 1 fully saturated rings. The molecule has 4 heteroatoms. The molecule has 0 aromatic carbocycles. The van der Waals surface area contributed by atoms with E-state index in [4.69, 9.17) is 0 Å². The highest BCUT2D eigenvalue weighted by Gasteiger charge is 2.47. The van der Waals surface area contributed by atoms with Crippen LogP contribution in [-0.2, 0) is 0 Å². The fourth-order valence-electron chi connectivity index (χ4n) is 8.37. The molecule has 0 spiro atoms. The molecule has 0 amide bonds. The Labute approximate surface area is 202 Å². The lowest BCUT2D eigenvalue weighted by Gasteiger charge is -2.43. The first kappa shape index (κ1) is 26.4. The highest BCUT2D eigenvalue weighted by atomic mass is 28.3. The molecule has 0 heterocycles. The smallest absolute Gasteiger partial charge is 0.127 e. The van der Waals surface area contributed by atoms with Crippen molar-refractivity contribution >= 4 is 16.5 Å². The second-order valence-electron chi connectivity index (χ2n) is 13.3. The second-order valence-corrected chi connectivity index (χ2v) is 22.0. The van der Waals surface area contributed by atoms with Crippen LogP contribution in [0.3, 0.4) is 0 Å². The number of allylic oxidation sites excluding steroid dienone is 4. The maximum Gasteiger partial charge on any atom is 0.127 e. The van der Waals surface area contributed by atoms with Crippen LogP contribution in [0.1, 0.15) is 81.1 Å². The van der Waals surface area contributed by atoms with Crippen LogP contribution in [0.15, 0.2) is 22.3 Å². The predicted molar refractivity (Wildman–Crippen MR) is 148 cm³/mol. The first-order valence-electron chi connectivity index (χ1n) is 13.6. The molecular weight excluding hydrogens is 420 g/mol. The van der Waals surface area contributed by atoms with Gasteiger partial charge >= 0.3 is 0 Å². The standard InChI is InChI=1S/C28H54N2Si2/c1-17-18(2)22(6)27(21(17)5)31(9,10)29-25-13-15-26(16-14-25)30-32(11,12)28-23(7)19(3)20(4)24(28)8/h17,19,21,23,25-30H,13-16H2,1-12H3/t17-,19-,21+,23+,25?,26?,27+,28+/m0/s1. The summed E-state index contributed by atoms with van der Waals surface area (Å²) in [5, 5.41) is 0. The fourth-order valence-corrected chi connectivity index (χ4v) is 17.2. The van der Waals surface area contributed by atoms with Crippen molar-refractivity contribution in [3.63, 3.8) is 0 Å². The molecule has 0 unspecified atom stereocenters. The van der Waals surface area contributed by atoms with Gasteiger partial charge in [-0.05, 0) is 88.1 Å². The summed E-state index contributed by atoms with van der Waals surface area (Å²) < 4.78 is 0. The Morgan fingerprint density at radius 3 is 1.03 bits per heavy atom. The molecule has 3 aliphatic carbocycles. The summed E-state index contributed by atoms with van der Waals surface area (Å²) in [5.74, 6) is 3.10. The zero-order valence-corrected chi connectivity index (χ0v) is 25.4. The average molecular weight is 475 g/mol. The van der Waals surface area contributed by atoms with Gasteiger partial charge in [-0.3, -0.25) is 0 Å². The maximum atomic E-state index is 4.28. The van der Waals surface area contributed by atoms with E-state index >= 15 is 0 Å². The van der Waals surface area contributed by atoms with E-state index in [1.54, 1.807) is 22.3 Å². The van der Waals surface area contributed by atoms with Crippen molar-refractivity contribution in [1.29, 1.82) is 0 Å². The Balaban J connectivity index is 1.58. The summed E-state index contributed by atoms with van der Waals surface area (Å²) in [5.41, 5.74) is 8.33. The lowest BCUT2D eigenvalue weighted by atomic mass is 9.92. The van der Waals surface area contributed by atoms with E-state index in [2.05, 4.69) is 91.5 Å². The zero-order chi connectivity index (χ0) is 24.2. The van der Waals surface area contributed by atoms with Gasteiger partial charge in [0.2, 0.25) is 0 Å². The molecular formula is C28H54N2Si2. The summed E-state index contributed by atoms with van der Waals surface area (Å²) in [4.78, 5) is 8.57. The van der Waals surface area contributed by atoms with E-state index in [1.807, 2.05) is 0 Å². The Bertz CT molecular complexity index is 693. The molecule has 32 heavy (non-hydrogen) atoms. The first-order valence-corrected chi connectivity index (χ1v) is 19.7. The third-order valence-corrected chi connectivity index (χ3v) is 17.9. The van der Waals surface area contributed by atoms with E-state index in [0.717, 1.165) is 46.8 Å². The molecule has 2 nitrogen and oxygen atoms in total. The molecule has 3 aliphatic rings. The van der Waals surface area contributed by atoms with Crippen molar-refractivity contribution in [2.24, 2.45) is 23.7 Å². The highest BCUT2D eigenvalue weighted by molar-refractivity contribution is 6.77. The Morgan fingerprint density at radius 1 is 0.531 bits per heavy atom. The third-order valence-electron chi connectivity index (χ3n) is 10.6. The minimum absolute atomic E-state index is 0.727. The van der Waals surface area contributed by atoms with Gasteiger partial charge in [0.15, 0.2) is 0 Å². The van der Waals surface area contributed by atoms with Crippen molar-refractivity contribution in [2.45, 2.75) is 130 Å². The van der Waals surface area contributed by atoms with Crippen molar-refractivity contribution in [2.75, 3.05) is 0 Å². The number of rotatable bonds is 6. The van der Waals surface area contributed by atoms with Gasteiger partial charge < -0.3 is 9.96 Å². The van der Waals surface area contributed by atoms with Crippen LogP contribution in [0.5, 0.6) is 0 Å². The van der Waals surface area contributed by atoms with Crippen LogP contribution in [0, 0.1) is 23.7 Å². The van der Waals surface area contributed by atoms with E-state index < -0.39 is 16.5 Å². The molecule has 0 aromatic rings. The largest absolute Gasteiger partial charge is 0.334 e. The van der Waals surface area contributed by atoms with Crippen molar-refractivity contribution < 1.29 is 0 Å². The van der Waals surface area contributed by atoms with Crippen LogP contribution in [0.25, 0.3) is 0 Å². The second kappa shape index (κ2) is 9.47. The molecule has 0 saturated heterocycles. The molecule has 0 bridgehead atoms. The zero-order valence-electron chi connectivity index (χ0n) is 23.4. The average Bonchev–Trinajstić information content (AvgIpc) is 3.02. The van der Waals surface area contributed by atoms with Crippen LogP contribution < -0.4 is 9.96 Å². The summed E-state index contributed by atoms with van der Waals surface area (Å²) >= 11 is 0. The lowest BCUT2D eigenvalue weighted by molar-refractivity contribution is 0.349. The number of nitrogens with one attached hydrogen (secondary N) is 2. The summed E-state index contributed by atoms with van der Waals surface area (Å²) in [6.07, 6.45) is 5.39. The Kier molecular flexibility index (Phi) is 7.82. The van der Waals surface area contributed by atoms with Gasteiger partial charge in [0.1, 0.15) is 16.5 Å². The Hall–Kier alpha value is -0.166. The van der Waals surface area contributed by atoms with Gasteiger partial charge in [0.05, 0.1) is 0 Å². The molecule has 2 N–H and O–H groups in total. The van der Waals surface area contributed by atoms with Gasteiger partial charge in [-0.2, -0.15) is 0 Å². The maximum absolute atomic E-state index is 4.28. The van der Waals surface area contributed by atoms with Crippen molar-refractivity contribution in [3.05, 3.63) is 22.3 Å². The molecule has 0 aromatic heterocycles. The van der Waals surface area contributed by atoms with E-state index in [1.165, 1.54) is 25.7 Å². The highest BCUT2D eigenvalue weighted by Crippen LogP contribution is 2.50. The number of hydrogen-bond donors (Lipinski definition) is 2. The van der Waals surface area contributed by atoms with Gasteiger partial charge in [0, 0.05) is 12.1 Å². The minimum atomic E-state index is -1.52. The molecule has 0 radical (unpaired) electrons. The normalized spacial score (nSPS) is 39.4. The SMILES string of the molecule is CC1=C(C)[C@H]([Si](C)(C)NC2CCC(N[Si](C)(C)[C@H]3C(C)=C(C)[C@H](C)[C@H]3C)CC2)[C@H](C)[C@H]1C. The predicted octanol–water partition coefficient (Wildman–Crippen LogP) is 7.87. The first-order chi connectivity index (χ1) is 14.7. The number of hydrogen-bond acceptors (Lipinski definition) is 2. The summed E-state index contributed by atoms with van der Waals surface area (Å²) in [7, 11) is -3.03. The van der Waals surface area contributed by atoms with Crippen molar-refractivity contribution in [1.82, 2.24) is 9.96 Å². The molecule has 184 valence electrons. The van der Waals surface area contributed by atoms with Gasteiger partial charge in [-0.15, -0.1) is 0 Å². The van der Waals surface area contributed by atoms with Crippen LogP contribution in [0.2, 0.25) is 37.3 Å². The monoisotopic (exact) mass is 474 g/mol. The van der Waals surface area contributed by atoms with Crippen LogP contribution >= 0.6 is 0 Å². The molecule has 1 saturated carbocycles. The molecule has 0 aliphatic heterocycles. The molecule has 3 rings (SSSR count). The Morgan fingerprint density at radius 2 is 0.812 bits per heavy atom. The van der Waals surface area contributed by atoms with E-state index in [-0.39, 0.29) is 0 Å². The van der Waals surface area contributed by atoms with E-state index in [0.29, 0.717) is 0 Å². The fraction of sp³-hybridized carbons (Fsp3) is 0.857. The summed E-state index contributed by atoms with van der Waals surface area (Å²) in [6, 6.07) is 1.45.